The highest BCUT2D eigenvalue weighted by atomic mass is 16.2. The number of rotatable bonds is 2. The summed E-state index contributed by atoms with van der Waals surface area (Å²) in [4.78, 5) is 0. The molecule has 0 saturated heterocycles. The number of anilines is 1. The van der Waals surface area contributed by atoms with Crippen molar-refractivity contribution in [3.63, 3.8) is 0 Å². The number of nitrogen functional groups attached to an aromatic ring is 1. The fourth-order valence-electron chi connectivity index (χ4n) is 4.31. The van der Waals surface area contributed by atoms with E-state index in [0.29, 0.717) is 5.92 Å². The van der Waals surface area contributed by atoms with E-state index < -0.39 is 0 Å². The quantitative estimate of drug-likeness (QED) is 0.415. The lowest BCUT2D eigenvalue weighted by Crippen LogP contribution is -2.14. The number of aryl methyl sites for hydroxylation is 1. The molecule has 0 aliphatic heterocycles. The van der Waals surface area contributed by atoms with E-state index in [4.69, 9.17) is 10.8 Å². The lowest BCUT2D eigenvalue weighted by atomic mass is 9.75. The molecule has 0 bridgehead atoms. The van der Waals surface area contributed by atoms with Crippen LogP contribution < -0.4 is 5.73 Å². The Hall–Kier alpha value is -2.58. The topological polar surface area (TPSA) is 46.2 Å². The van der Waals surface area contributed by atoms with Gasteiger partial charge in [0.1, 0.15) is 0 Å². The summed E-state index contributed by atoms with van der Waals surface area (Å²) >= 11 is 0. The van der Waals surface area contributed by atoms with Crippen molar-refractivity contribution in [3.05, 3.63) is 101 Å². The Balaban J connectivity index is 0.000000227. The number of aliphatic hydroxyl groups excluding tert-OH is 1. The van der Waals surface area contributed by atoms with Crippen LogP contribution in [0.15, 0.2) is 72.8 Å². The molecule has 0 saturated carbocycles. The van der Waals surface area contributed by atoms with Crippen LogP contribution in [-0.2, 0) is 11.8 Å². The highest BCUT2D eigenvalue weighted by molar-refractivity contribution is 5.49. The van der Waals surface area contributed by atoms with Crippen molar-refractivity contribution in [3.8, 4) is 0 Å². The average Bonchev–Trinajstić information content (AvgIpc) is 2.80. The van der Waals surface area contributed by atoms with Crippen molar-refractivity contribution in [2.24, 2.45) is 0 Å². The maximum absolute atomic E-state index is 7.00. The molecular formula is C30H41NO. The van der Waals surface area contributed by atoms with Gasteiger partial charge in [0.25, 0.3) is 0 Å². The zero-order valence-corrected chi connectivity index (χ0v) is 20.7. The van der Waals surface area contributed by atoms with Crippen LogP contribution in [0, 0.1) is 6.92 Å². The van der Waals surface area contributed by atoms with Gasteiger partial charge in [0.15, 0.2) is 0 Å². The number of fused-ring (bicyclic) bond motifs is 1. The molecular weight excluding hydrogens is 390 g/mol. The summed E-state index contributed by atoms with van der Waals surface area (Å²) < 4.78 is 0. The zero-order valence-electron chi connectivity index (χ0n) is 20.7. The van der Waals surface area contributed by atoms with Crippen molar-refractivity contribution in [1.82, 2.24) is 0 Å². The smallest absolute Gasteiger partial charge is 0.0346 e. The predicted molar refractivity (Wildman–Crippen MR) is 139 cm³/mol. The van der Waals surface area contributed by atoms with Gasteiger partial charge in [-0.2, -0.15) is 0 Å². The highest BCUT2D eigenvalue weighted by Crippen LogP contribution is 2.39. The number of hydrogen-bond acceptors (Lipinski definition) is 2. The van der Waals surface area contributed by atoms with Crippen molar-refractivity contribution < 1.29 is 5.11 Å². The molecule has 2 unspecified atom stereocenters. The van der Waals surface area contributed by atoms with Gasteiger partial charge in [-0.3, -0.25) is 0 Å². The largest absolute Gasteiger partial charge is 0.400 e. The van der Waals surface area contributed by atoms with E-state index in [1.807, 2.05) is 6.92 Å². The molecule has 0 heterocycles. The highest BCUT2D eigenvalue weighted by Gasteiger charge is 2.24. The summed E-state index contributed by atoms with van der Waals surface area (Å²) in [6.07, 6.45) is 3.84. The van der Waals surface area contributed by atoms with Crippen LogP contribution in [-0.4, -0.2) is 12.2 Å². The lowest BCUT2D eigenvalue weighted by molar-refractivity contribution is 0.399. The molecule has 4 rings (SSSR count). The van der Waals surface area contributed by atoms with Gasteiger partial charge in [0, 0.05) is 12.8 Å². The first kappa shape index (κ1) is 25.7. The second kappa shape index (κ2) is 11.9. The van der Waals surface area contributed by atoms with Crippen LogP contribution in [0.4, 0.5) is 5.69 Å². The Kier molecular flexibility index (Phi) is 9.53. The minimum Gasteiger partial charge on any atom is -0.400 e. The van der Waals surface area contributed by atoms with Crippen LogP contribution in [0.2, 0.25) is 0 Å². The Morgan fingerprint density at radius 3 is 2.03 bits per heavy atom. The summed E-state index contributed by atoms with van der Waals surface area (Å²) in [6.45, 7) is 11.0. The maximum atomic E-state index is 7.00. The van der Waals surface area contributed by atoms with Gasteiger partial charge in [0.05, 0.1) is 0 Å². The van der Waals surface area contributed by atoms with Crippen LogP contribution in [0.1, 0.15) is 80.2 Å². The lowest BCUT2D eigenvalue weighted by Gasteiger charge is -2.29. The summed E-state index contributed by atoms with van der Waals surface area (Å²) in [5, 5.41) is 7.00. The fraction of sp³-hybridized carbons (Fsp3) is 0.400. The van der Waals surface area contributed by atoms with Crippen molar-refractivity contribution in [1.29, 1.82) is 0 Å². The number of aliphatic hydroxyl groups is 1. The van der Waals surface area contributed by atoms with E-state index >= 15 is 0 Å². The molecule has 172 valence electrons. The van der Waals surface area contributed by atoms with Crippen molar-refractivity contribution >= 4 is 5.69 Å². The van der Waals surface area contributed by atoms with Gasteiger partial charge < -0.3 is 10.8 Å². The molecule has 1 aliphatic carbocycles. The van der Waals surface area contributed by atoms with Gasteiger partial charge in [-0.15, -0.1) is 0 Å². The molecule has 3 aromatic rings. The van der Waals surface area contributed by atoms with Crippen molar-refractivity contribution in [2.45, 2.75) is 71.1 Å². The molecule has 0 amide bonds. The normalized spacial score (nSPS) is 17.2. The fourth-order valence-corrected chi connectivity index (χ4v) is 4.31. The van der Waals surface area contributed by atoms with Gasteiger partial charge in [-0.1, -0.05) is 94.4 Å². The standard InChI is InChI=1S/C18H20.C11H17N.CH4O/c1-14-11-12-16(13-15-7-3-2-4-8-15)18-10-6-5-9-17(14)18;1-8-5-6-9(7-10(8)12)11(2,3)4;1-2/h2-10,14,16H,11-13H2,1H3;5-7H,12H2,1-4H3;2H,1H3. The number of benzene rings is 3. The molecule has 0 radical (unpaired) electrons. The minimum atomic E-state index is 0.196. The summed E-state index contributed by atoms with van der Waals surface area (Å²) in [6, 6.07) is 26.2. The average molecular weight is 432 g/mol. The summed E-state index contributed by atoms with van der Waals surface area (Å²) in [5.74, 6) is 1.44. The SMILES string of the molecule is CC1CCC(Cc2ccccc2)c2ccccc21.CO.Cc1ccc(C(C)(C)C)cc1N. The van der Waals surface area contributed by atoms with E-state index in [1.165, 1.54) is 30.4 Å². The molecule has 32 heavy (non-hydrogen) atoms. The summed E-state index contributed by atoms with van der Waals surface area (Å²) in [7, 11) is 1.00. The van der Waals surface area contributed by atoms with E-state index in [-0.39, 0.29) is 5.41 Å². The Morgan fingerprint density at radius 2 is 1.44 bits per heavy atom. The minimum absolute atomic E-state index is 0.196. The third-order valence-corrected chi connectivity index (χ3v) is 6.39. The Labute approximate surface area is 195 Å². The van der Waals surface area contributed by atoms with Gasteiger partial charge >= 0.3 is 0 Å². The zero-order chi connectivity index (χ0) is 23.7. The molecule has 2 nitrogen and oxygen atoms in total. The van der Waals surface area contributed by atoms with E-state index in [9.17, 15) is 0 Å². The molecule has 0 spiro atoms. The van der Waals surface area contributed by atoms with Gasteiger partial charge in [-0.25, -0.2) is 0 Å². The van der Waals surface area contributed by atoms with Gasteiger partial charge in [0.2, 0.25) is 0 Å². The molecule has 0 aromatic heterocycles. The molecule has 2 atom stereocenters. The second-order valence-corrected chi connectivity index (χ2v) is 9.82. The van der Waals surface area contributed by atoms with Gasteiger partial charge in [-0.05, 0) is 77.3 Å². The van der Waals surface area contributed by atoms with Crippen LogP contribution in [0.25, 0.3) is 0 Å². The first-order valence-electron chi connectivity index (χ1n) is 11.7. The van der Waals surface area contributed by atoms with E-state index in [0.717, 1.165) is 24.3 Å². The first-order valence-corrected chi connectivity index (χ1v) is 11.7. The van der Waals surface area contributed by atoms with E-state index in [1.54, 1.807) is 11.1 Å². The van der Waals surface area contributed by atoms with Crippen molar-refractivity contribution in [2.75, 3.05) is 12.8 Å². The molecule has 2 heteroatoms. The third kappa shape index (κ3) is 6.97. The summed E-state index contributed by atoms with van der Waals surface area (Å²) in [5.41, 5.74) is 14.0. The molecule has 0 fully saturated rings. The monoisotopic (exact) mass is 431 g/mol. The Bertz CT molecular complexity index is 956. The third-order valence-electron chi connectivity index (χ3n) is 6.39. The molecule has 1 aliphatic rings. The predicted octanol–water partition coefficient (Wildman–Crippen LogP) is 7.39. The van der Waals surface area contributed by atoms with Crippen LogP contribution in [0.5, 0.6) is 0 Å². The second-order valence-electron chi connectivity index (χ2n) is 9.82. The number of hydrogen-bond donors (Lipinski definition) is 2. The van der Waals surface area contributed by atoms with Crippen LogP contribution in [0.3, 0.4) is 0 Å². The number of nitrogens with two attached hydrogens (primary N) is 1. The van der Waals surface area contributed by atoms with Crippen LogP contribution >= 0.6 is 0 Å². The maximum Gasteiger partial charge on any atom is 0.0346 e. The first-order chi connectivity index (χ1) is 15.3. The molecule has 3 N–H and O–H groups in total. The van der Waals surface area contributed by atoms with E-state index in [2.05, 4.69) is 100 Å². The molecule has 3 aromatic carbocycles. The Morgan fingerprint density at radius 1 is 0.844 bits per heavy atom.